The highest BCUT2D eigenvalue weighted by Crippen LogP contribution is 2.25. The zero-order valence-corrected chi connectivity index (χ0v) is 24.2. The number of pyridine rings is 1. The molecule has 13 heteroatoms. The van der Waals surface area contributed by atoms with Crippen molar-refractivity contribution < 1.29 is 43.2 Å². The highest BCUT2D eigenvalue weighted by atomic mass is 16.5. The standard InChI is InChI=1S/C28H44N4O9/c1-22(33)32-12-4-6-23-9-10-24(30-28(23)32)7-3-8-25(34)29-20-26(35)31(11-5-14-38-2)13-15-39-16-17-40-18-19-41-21-27(36)37/h9-10H,3-8,11-21H2,1-2H3,(H,29,34)(H,36,37). The number of carboxylic acid groups (broad SMARTS) is 1. The number of hydrogen-bond donors (Lipinski definition) is 2. The van der Waals surface area contributed by atoms with Gasteiger partial charge in [0, 0.05) is 52.4 Å². The van der Waals surface area contributed by atoms with Crippen LogP contribution in [0.3, 0.4) is 0 Å². The average Bonchev–Trinajstić information content (AvgIpc) is 2.95. The molecule has 1 aromatic rings. The van der Waals surface area contributed by atoms with Crippen molar-refractivity contribution in [1.82, 2.24) is 15.2 Å². The van der Waals surface area contributed by atoms with Crippen LogP contribution >= 0.6 is 0 Å². The summed E-state index contributed by atoms with van der Waals surface area (Å²) in [5.74, 6) is -0.734. The molecule has 0 aromatic carbocycles. The van der Waals surface area contributed by atoms with E-state index >= 15 is 0 Å². The summed E-state index contributed by atoms with van der Waals surface area (Å²) >= 11 is 0. The van der Waals surface area contributed by atoms with Crippen molar-refractivity contribution in [2.45, 2.75) is 45.4 Å². The van der Waals surface area contributed by atoms with Crippen LogP contribution in [0, 0.1) is 0 Å². The Morgan fingerprint density at radius 2 is 1.73 bits per heavy atom. The van der Waals surface area contributed by atoms with Gasteiger partial charge in [0.05, 0.1) is 39.6 Å². The molecule has 0 unspecified atom stereocenters. The maximum Gasteiger partial charge on any atom is 0.329 e. The number of ether oxygens (including phenoxy) is 4. The van der Waals surface area contributed by atoms with Gasteiger partial charge >= 0.3 is 5.97 Å². The van der Waals surface area contributed by atoms with Gasteiger partial charge in [0.2, 0.25) is 17.7 Å². The minimum Gasteiger partial charge on any atom is -0.480 e. The van der Waals surface area contributed by atoms with E-state index in [-0.39, 0.29) is 50.5 Å². The molecule has 2 N–H and O–H groups in total. The van der Waals surface area contributed by atoms with E-state index in [4.69, 9.17) is 24.1 Å². The van der Waals surface area contributed by atoms with Crippen molar-refractivity contribution in [2.24, 2.45) is 0 Å². The van der Waals surface area contributed by atoms with Crippen LogP contribution in [0.5, 0.6) is 0 Å². The Balaban J connectivity index is 1.67. The van der Waals surface area contributed by atoms with Crippen molar-refractivity contribution >= 4 is 29.5 Å². The fraction of sp³-hybridized carbons (Fsp3) is 0.679. The number of methoxy groups -OCH3 is 1. The lowest BCUT2D eigenvalue weighted by Crippen LogP contribution is -2.42. The van der Waals surface area contributed by atoms with Crippen molar-refractivity contribution in [2.75, 3.05) is 84.4 Å². The smallest absolute Gasteiger partial charge is 0.329 e. The van der Waals surface area contributed by atoms with Gasteiger partial charge in [-0.1, -0.05) is 6.07 Å². The number of anilines is 1. The topological polar surface area (TPSA) is 157 Å². The van der Waals surface area contributed by atoms with Crippen LogP contribution in [0.4, 0.5) is 5.82 Å². The Kier molecular flexibility index (Phi) is 16.5. The van der Waals surface area contributed by atoms with E-state index in [1.807, 2.05) is 12.1 Å². The number of carboxylic acids is 1. The molecule has 0 aliphatic carbocycles. The molecule has 0 saturated heterocycles. The fourth-order valence-corrected chi connectivity index (χ4v) is 4.26. The van der Waals surface area contributed by atoms with Crippen molar-refractivity contribution in [3.8, 4) is 0 Å². The van der Waals surface area contributed by atoms with Crippen LogP contribution in [0.1, 0.15) is 43.9 Å². The molecule has 2 rings (SSSR count). The normalized spacial score (nSPS) is 12.6. The summed E-state index contributed by atoms with van der Waals surface area (Å²) in [5, 5.41) is 11.2. The summed E-state index contributed by atoms with van der Waals surface area (Å²) < 4.78 is 20.8. The molecule has 0 saturated carbocycles. The second kappa shape index (κ2) is 19.9. The number of aryl methyl sites for hydroxylation is 2. The zero-order chi connectivity index (χ0) is 29.9. The molecule has 41 heavy (non-hydrogen) atoms. The SMILES string of the molecule is COCCCN(CCOCCOCCOCC(=O)O)C(=O)CNC(=O)CCCc1ccc2c(n1)N(C(C)=O)CCC2. The first kappa shape index (κ1) is 34.1. The summed E-state index contributed by atoms with van der Waals surface area (Å²) in [4.78, 5) is 55.5. The highest BCUT2D eigenvalue weighted by molar-refractivity contribution is 5.91. The Morgan fingerprint density at radius 1 is 1.00 bits per heavy atom. The number of carbonyl (C=O) groups excluding carboxylic acids is 3. The van der Waals surface area contributed by atoms with E-state index in [1.54, 1.807) is 23.8 Å². The number of carbonyl (C=O) groups is 4. The largest absolute Gasteiger partial charge is 0.480 e. The van der Waals surface area contributed by atoms with Crippen LogP contribution in [-0.2, 0) is 51.0 Å². The zero-order valence-electron chi connectivity index (χ0n) is 24.2. The second-order valence-electron chi connectivity index (χ2n) is 9.59. The number of fused-ring (bicyclic) bond motifs is 1. The lowest BCUT2D eigenvalue weighted by atomic mass is 10.0. The molecule has 0 atom stereocenters. The third kappa shape index (κ3) is 13.9. The van der Waals surface area contributed by atoms with E-state index in [2.05, 4.69) is 10.3 Å². The number of aliphatic carboxylic acids is 1. The van der Waals surface area contributed by atoms with Crippen LogP contribution < -0.4 is 10.2 Å². The minimum atomic E-state index is -1.03. The van der Waals surface area contributed by atoms with Gasteiger partial charge in [0.25, 0.3) is 0 Å². The molecule has 0 spiro atoms. The number of rotatable bonds is 21. The lowest BCUT2D eigenvalue weighted by molar-refractivity contribution is -0.142. The maximum absolute atomic E-state index is 12.8. The maximum atomic E-state index is 12.8. The Bertz CT molecular complexity index is 976. The van der Waals surface area contributed by atoms with E-state index in [0.29, 0.717) is 65.3 Å². The Labute approximate surface area is 241 Å². The number of nitrogens with one attached hydrogen (secondary N) is 1. The quantitative estimate of drug-likeness (QED) is 0.200. The predicted molar refractivity (Wildman–Crippen MR) is 150 cm³/mol. The van der Waals surface area contributed by atoms with Gasteiger partial charge in [0.1, 0.15) is 12.4 Å². The molecule has 230 valence electrons. The Hall–Kier alpha value is -3.13. The number of nitrogens with zero attached hydrogens (tertiary/aromatic N) is 3. The van der Waals surface area contributed by atoms with Crippen molar-refractivity contribution in [3.63, 3.8) is 0 Å². The third-order valence-corrected chi connectivity index (χ3v) is 6.36. The number of aromatic nitrogens is 1. The molecule has 3 amide bonds. The first-order valence-electron chi connectivity index (χ1n) is 14.1. The first-order chi connectivity index (χ1) is 19.8. The van der Waals surface area contributed by atoms with Gasteiger partial charge in [-0.2, -0.15) is 0 Å². The molecular formula is C28H44N4O9. The average molecular weight is 581 g/mol. The van der Waals surface area contributed by atoms with Crippen LogP contribution in [-0.4, -0.2) is 118 Å². The molecular weight excluding hydrogens is 536 g/mol. The molecule has 0 fully saturated rings. The van der Waals surface area contributed by atoms with Crippen molar-refractivity contribution in [3.05, 3.63) is 23.4 Å². The number of amides is 3. The summed E-state index contributed by atoms with van der Waals surface area (Å²) in [7, 11) is 1.60. The van der Waals surface area contributed by atoms with Gasteiger partial charge in [-0.3, -0.25) is 19.3 Å². The van der Waals surface area contributed by atoms with Gasteiger partial charge in [-0.05, 0) is 43.7 Å². The van der Waals surface area contributed by atoms with E-state index in [0.717, 1.165) is 29.9 Å². The van der Waals surface area contributed by atoms with Crippen LogP contribution in [0.15, 0.2) is 12.1 Å². The predicted octanol–water partition coefficient (Wildman–Crippen LogP) is 0.819. The molecule has 1 aliphatic rings. The van der Waals surface area contributed by atoms with Gasteiger partial charge in [0.15, 0.2) is 0 Å². The van der Waals surface area contributed by atoms with E-state index in [9.17, 15) is 19.2 Å². The monoisotopic (exact) mass is 580 g/mol. The summed E-state index contributed by atoms with van der Waals surface area (Å²) in [6.45, 7) is 4.50. The highest BCUT2D eigenvalue weighted by Gasteiger charge is 2.21. The van der Waals surface area contributed by atoms with Crippen LogP contribution in [0.2, 0.25) is 0 Å². The molecule has 0 bridgehead atoms. The van der Waals surface area contributed by atoms with Crippen molar-refractivity contribution in [1.29, 1.82) is 0 Å². The fourth-order valence-electron chi connectivity index (χ4n) is 4.26. The van der Waals surface area contributed by atoms with Gasteiger partial charge in [-0.15, -0.1) is 0 Å². The first-order valence-corrected chi connectivity index (χ1v) is 14.1. The lowest BCUT2D eigenvalue weighted by Gasteiger charge is -2.27. The Morgan fingerprint density at radius 3 is 2.44 bits per heavy atom. The van der Waals surface area contributed by atoms with Gasteiger partial charge in [-0.25, -0.2) is 9.78 Å². The summed E-state index contributed by atoms with van der Waals surface area (Å²) in [6.07, 6.45) is 3.92. The van der Waals surface area contributed by atoms with E-state index in [1.165, 1.54) is 0 Å². The minimum absolute atomic E-state index is 0.0197. The van der Waals surface area contributed by atoms with Crippen LogP contribution in [0.25, 0.3) is 0 Å². The molecule has 0 radical (unpaired) electrons. The molecule has 1 aliphatic heterocycles. The van der Waals surface area contributed by atoms with Gasteiger partial charge < -0.3 is 34.3 Å². The molecule has 1 aromatic heterocycles. The molecule has 13 nitrogen and oxygen atoms in total. The second-order valence-corrected chi connectivity index (χ2v) is 9.59. The molecule has 2 heterocycles. The summed E-state index contributed by atoms with van der Waals surface area (Å²) in [6, 6.07) is 3.97. The number of hydrogen-bond acceptors (Lipinski definition) is 9. The van der Waals surface area contributed by atoms with E-state index < -0.39 is 5.97 Å². The summed E-state index contributed by atoms with van der Waals surface area (Å²) in [5.41, 5.74) is 1.90. The third-order valence-electron chi connectivity index (χ3n) is 6.36.